The van der Waals surface area contributed by atoms with Crippen molar-refractivity contribution in [3.63, 3.8) is 0 Å². The molecule has 1 saturated heterocycles. The molecule has 0 spiro atoms. The summed E-state index contributed by atoms with van der Waals surface area (Å²) in [5.41, 5.74) is 4.15. The van der Waals surface area contributed by atoms with Crippen LogP contribution in [0.1, 0.15) is 38.9 Å². The molecule has 0 aliphatic carbocycles. The van der Waals surface area contributed by atoms with E-state index in [0.29, 0.717) is 24.3 Å². The summed E-state index contributed by atoms with van der Waals surface area (Å²) in [7, 11) is -3.67. The third-order valence-corrected chi connectivity index (χ3v) is 7.66. The first-order chi connectivity index (χ1) is 14.7. The number of fused-ring (bicyclic) bond motifs is 1. The normalized spacial score (nSPS) is 15.4. The number of piperazine rings is 1. The summed E-state index contributed by atoms with van der Waals surface area (Å²) in [5, 5.41) is 1.02. The van der Waals surface area contributed by atoms with E-state index in [9.17, 15) is 18.0 Å². The van der Waals surface area contributed by atoms with E-state index in [1.807, 2.05) is 26.0 Å². The summed E-state index contributed by atoms with van der Waals surface area (Å²) < 4.78 is 27.3. The number of amides is 1. The molecule has 2 heterocycles. The first-order valence-electron chi connectivity index (χ1n) is 10.2. The quantitative estimate of drug-likeness (QED) is 0.633. The van der Waals surface area contributed by atoms with E-state index in [4.69, 9.17) is 0 Å². The minimum atomic E-state index is -3.67. The molecule has 1 amide bonds. The van der Waals surface area contributed by atoms with Gasteiger partial charge in [0.2, 0.25) is 10.0 Å². The fourth-order valence-electron chi connectivity index (χ4n) is 4.03. The Morgan fingerprint density at radius 2 is 1.58 bits per heavy atom. The number of carbonyl (C=O) groups excluding carboxylic acids is 2. The Balaban J connectivity index is 1.47. The number of hydrogen-bond donors (Lipinski definition) is 1. The molecule has 0 atom stereocenters. The second-order valence-electron chi connectivity index (χ2n) is 8.00. The van der Waals surface area contributed by atoms with Gasteiger partial charge in [0.15, 0.2) is 5.78 Å². The second kappa shape index (κ2) is 7.94. The minimum absolute atomic E-state index is 0.113. The second-order valence-corrected chi connectivity index (χ2v) is 9.94. The Morgan fingerprint density at radius 3 is 2.19 bits per heavy atom. The smallest absolute Gasteiger partial charge is 0.270 e. The highest BCUT2D eigenvalue weighted by Crippen LogP contribution is 2.23. The molecule has 7 nitrogen and oxygen atoms in total. The lowest BCUT2D eigenvalue weighted by Crippen LogP contribution is -2.50. The third-order valence-electron chi connectivity index (χ3n) is 5.74. The van der Waals surface area contributed by atoms with Crippen LogP contribution in [0.2, 0.25) is 0 Å². The molecule has 2 aromatic carbocycles. The van der Waals surface area contributed by atoms with Crippen LogP contribution in [-0.4, -0.2) is 60.5 Å². The lowest BCUT2D eigenvalue weighted by atomic mass is 10.1. The summed E-state index contributed by atoms with van der Waals surface area (Å²) in [5.74, 6) is -0.241. The molecule has 1 aliphatic heterocycles. The van der Waals surface area contributed by atoms with Crippen LogP contribution >= 0.6 is 0 Å². The topological polar surface area (TPSA) is 90.6 Å². The highest BCUT2D eigenvalue weighted by molar-refractivity contribution is 7.89. The Labute approximate surface area is 181 Å². The number of sulfonamides is 1. The van der Waals surface area contributed by atoms with E-state index in [0.717, 1.165) is 22.0 Å². The maximum Gasteiger partial charge on any atom is 0.270 e. The highest BCUT2D eigenvalue weighted by atomic mass is 32.2. The molecule has 3 aromatic rings. The first kappa shape index (κ1) is 21.3. The largest absolute Gasteiger partial charge is 0.351 e. The van der Waals surface area contributed by atoms with E-state index in [-0.39, 0.29) is 29.7 Å². The van der Waals surface area contributed by atoms with Gasteiger partial charge in [-0.15, -0.1) is 0 Å². The van der Waals surface area contributed by atoms with E-state index in [1.54, 1.807) is 4.90 Å². The van der Waals surface area contributed by atoms with Crippen LogP contribution in [0.25, 0.3) is 10.9 Å². The lowest BCUT2D eigenvalue weighted by molar-refractivity contribution is 0.0693. The van der Waals surface area contributed by atoms with Gasteiger partial charge in [0.25, 0.3) is 5.91 Å². The van der Waals surface area contributed by atoms with Crippen LogP contribution in [0.4, 0.5) is 0 Å². The number of nitrogens with zero attached hydrogens (tertiary/aromatic N) is 2. The summed E-state index contributed by atoms with van der Waals surface area (Å²) in [6.07, 6.45) is 0. The average Bonchev–Trinajstić information content (AvgIpc) is 3.18. The zero-order valence-electron chi connectivity index (χ0n) is 17.8. The summed E-state index contributed by atoms with van der Waals surface area (Å²) in [4.78, 5) is 29.4. The number of aromatic amines is 1. The molecule has 0 bridgehead atoms. The maximum atomic E-state index is 13.0. The number of nitrogens with one attached hydrogen (secondary N) is 1. The van der Waals surface area contributed by atoms with Gasteiger partial charge in [-0.05, 0) is 56.2 Å². The number of aryl methyl sites for hydroxylation is 2. The lowest BCUT2D eigenvalue weighted by Gasteiger charge is -2.33. The Morgan fingerprint density at radius 1 is 0.935 bits per heavy atom. The first-order valence-corrected chi connectivity index (χ1v) is 11.6. The molecule has 1 aromatic heterocycles. The molecular weight excluding hydrogens is 414 g/mol. The number of carbonyl (C=O) groups is 2. The summed E-state index contributed by atoms with van der Waals surface area (Å²) >= 11 is 0. The number of rotatable bonds is 4. The van der Waals surface area contributed by atoms with Crippen molar-refractivity contribution >= 4 is 32.6 Å². The Kier molecular flexibility index (Phi) is 5.45. The van der Waals surface area contributed by atoms with Gasteiger partial charge in [-0.3, -0.25) is 9.59 Å². The number of Topliss-reactive ketones (excluding diaryl/α,β-unsaturated/α-hetero) is 1. The minimum Gasteiger partial charge on any atom is -0.351 e. The van der Waals surface area contributed by atoms with Crippen LogP contribution in [-0.2, 0) is 10.0 Å². The number of aromatic nitrogens is 1. The van der Waals surface area contributed by atoms with Crippen molar-refractivity contribution < 1.29 is 18.0 Å². The predicted octanol–water partition coefficient (Wildman–Crippen LogP) is 3.13. The Bertz CT molecular complexity index is 1270. The van der Waals surface area contributed by atoms with Crippen molar-refractivity contribution in [1.29, 1.82) is 0 Å². The summed E-state index contributed by atoms with van der Waals surface area (Å²) in [6, 6.07) is 11.9. The number of ketones is 1. The molecule has 0 unspecified atom stereocenters. The SMILES string of the molecule is CC(=O)c1ccc(S(=O)(=O)N2CCN(C(=O)c3cc4c(C)cc(C)cc4[nH]3)CC2)cc1. The molecule has 0 radical (unpaired) electrons. The summed E-state index contributed by atoms with van der Waals surface area (Å²) in [6.45, 7) is 6.55. The van der Waals surface area contributed by atoms with Gasteiger partial charge in [-0.25, -0.2) is 8.42 Å². The van der Waals surface area contributed by atoms with E-state index in [1.165, 1.54) is 35.5 Å². The molecule has 4 rings (SSSR count). The molecule has 1 aliphatic rings. The molecule has 1 fully saturated rings. The maximum absolute atomic E-state index is 13.0. The molecule has 162 valence electrons. The van der Waals surface area contributed by atoms with Crippen molar-refractivity contribution in [2.45, 2.75) is 25.7 Å². The van der Waals surface area contributed by atoms with Gasteiger partial charge in [-0.2, -0.15) is 4.31 Å². The Hall–Kier alpha value is -2.97. The van der Waals surface area contributed by atoms with Crippen LogP contribution in [0.5, 0.6) is 0 Å². The van der Waals surface area contributed by atoms with Gasteiger partial charge in [0.05, 0.1) is 4.90 Å². The van der Waals surface area contributed by atoms with Crippen LogP contribution in [0.3, 0.4) is 0 Å². The van der Waals surface area contributed by atoms with Crippen LogP contribution in [0, 0.1) is 13.8 Å². The van der Waals surface area contributed by atoms with Gasteiger partial charge in [-0.1, -0.05) is 18.2 Å². The molecule has 0 saturated carbocycles. The van der Waals surface area contributed by atoms with Crippen LogP contribution in [0.15, 0.2) is 47.4 Å². The zero-order valence-corrected chi connectivity index (χ0v) is 18.6. The number of H-pyrrole nitrogens is 1. The van der Waals surface area contributed by atoms with Gasteiger partial charge in [0.1, 0.15) is 5.69 Å². The van der Waals surface area contributed by atoms with Crippen molar-refractivity contribution in [2.75, 3.05) is 26.2 Å². The van der Waals surface area contributed by atoms with E-state index in [2.05, 4.69) is 11.1 Å². The standard InChI is InChI=1S/C23H25N3O4S/c1-15-12-16(2)20-14-22(24-21(20)13-15)23(28)25-8-10-26(11-9-25)31(29,30)19-6-4-18(5-7-19)17(3)27/h4-7,12-14,24H,8-11H2,1-3H3. The molecule has 31 heavy (non-hydrogen) atoms. The predicted molar refractivity (Wildman–Crippen MR) is 119 cm³/mol. The number of benzene rings is 2. The van der Waals surface area contributed by atoms with Crippen molar-refractivity contribution in [3.8, 4) is 0 Å². The molecular formula is C23H25N3O4S. The van der Waals surface area contributed by atoms with E-state index >= 15 is 0 Å². The van der Waals surface area contributed by atoms with Gasteiger partial charge < -0.3 is 9.88 Å². The van der Waals surface area contributed by atoms with Gasteiger partial charge >= 0.3 is 0 Å². The van der Waals surface area contributed by atoms with E-state index < -0.39 is 10.0 Å². The fourth-order valence-corrected chi connectivity index (χ4v) is 5.45. The van der Waals surface area contributed by atoms with Crippen molar-refractivity contribution in [1.82, 2.24) is 14.2 Å². The third kappa shape index (κ3) is 4.00. The average molecular weight is 440 g/mol. The van der Waals surface area contributed by atoms with Crippen LogP contribution < -0.4 is 0 Å². The zero-order chi connectivity index (χ0) is 22.3. The monoisotopic (exact) mass is 439 g/mol. The van der Waals surface area contributed by atoms with Gasteiger partial charge in [0, 0.05) is 42.6 Å². The van der Waals surface area contributed by atoms with Crippen molar-refractivity contribution in [2.24, 2.45) is 0 Å². The highest BCUT2D eigenvalue weighted by Gasteiger charge is 2.31. The molecule has 1 N–H and O–H groups in total. The molecule has 8 heteroatoms. The number of hydrogen-bond acceptors (Lipinski definition) is 4. The van der Waals surface area contributed by atoms with Crippen molar-refractivity contribution in [3.05, 3.63) is 64.8 Å². The fraction of sp³-hybridized carbons (Fsp3) is 0.304.